The third kappa shape index (κ3) is 4.43. The van der Waals surface area contributed by atoms with Crippen LogP contribution in [-0.4, -0.2) is 74.9 Å². The van der Waals surface area contributed by atoms with Crippen LogP contribution in [0.15, 0.2) is 11.4 Å². The molecule has 0 aromatic carbocycles. The molecule has 3 fully saturated rings. The van der Waals surface area contributed by atoms with Gasteiger partial charge >= 0.3 is 0 Å². The molecular formula is C18H28N6O. The van der Waals surface area contributed by atoms with E-state index < -0.39 is 0 Å². The van der Waals surface area contributed by atoms with E-state index in [4.69, 9.17) is 4.74 Å². The molecule has 3 heterocycles. The lowest BCUT2D eigenvalue weighted by Crippen LogP contribution is -2.49. The predicted molar refractivity (Wildman–Crippen MR) is 94.2 cm³/mol. The van der Waals surface area contributed by atoms with Gasteiger partial charge < -0.3 is 20.3 Å². The van der Waals surface area contributed by atoms with E-state index >= 15 is 0 Å². The summed E-state index contributed by atoms with van der Waals surface area (Å²) in [5.41, 5.74) is 0.211. The van der Waals surface area contributed by atoms with Crippen LogP contribution >= 0.6 is 0 Å². The summed E-state index contributed by atoms with van der Waals surface area (Å²) in [5, 5.41) is 25.2. The molecule has 7 heteroatoms. The molecule has 2 N–H and O–H groups in total. The summed E-state index contributed by atoms with van der Waals surface area (Å²) in [4.78, 5) is 4.77. The molecule has 0 radical (unpaired) electrons. The number of hydrogen-bond acceptors (Lipinski definition) is 7. The highest BCUT2D eigenvalue weighted by atomic mass is 16.5. The van der Waals surface area contributed by atoms with Crippen molar-refractivity contribution in [3.05, 3.63) is 11.4 Å². The van der Waals surface area contributed by atoms with Crippen LogP contribution in [0.5, 0.6) is 0 Å². The fourth-order valence-electron chi connectivity index (χ4n) is 4.22. The first-order valence-corrected chi connectivity index (χ1v) is 9.39. The average Bonchev–Trinajstić information content (AvgIpc) is 3.13. The average molecular weight is 344 g/mol. The molecule has 3 aliphatic rings. The number of nitrogens with one attached hydrogen (secondary N) is 2. The molecule has 2 unspecified atom stereocenters. The summed E-state index contributed by atoms with van der Waals surface area (Å²) in [6.45, 7) is 8.65. The smallest absolute Gasteiger partial charge is 0.169 e. The van der Waals surface area contributed by atoms with Crippen LogP contribution in [0, 0.1) is 28.6 Å². The molecule has 0 aliphatic carbocycles. The monoisotopic (exact) mass is 344 g/mol. The molecule has 0 spiro atoms. The summed E-state index contributed by atoms with van der Waals surface area (Å²) in [6.07, 6.45) is 3.43. The van der Waals surface area contributed by atoms with Gasteiger partial charge in [0.2, 0.25) is 0 Å². The predicted octanol–water partition coefficient (Wildman–Crippen LogP) is 0.241. The Kier molecular flexibility index (Phi) is 6.52. The second-order valence-electron chi connectivity index (χ2n) is 6.98. The Morgan fingerprint density at radius 3 is 2.72 bits per heavy atom. The van der Waals surface area contributed by atoms with Crippen molar-refractivity contribution in [3.8, 4) is 12.1 Å². The number of rotatable bonds is 5. The van der Waals surface area contributed by atoms with Crippen LogP contribution in [0.25, 0.3) is 0 Å². The largest absolute Gasteiger partial charge is 0.379 e. The zero-order valence-electron chi connectivity index (χ0n) is 14.8. The zero-order valence-corrected chi connectivity index (χ0v) is 14.8. The van der Waals surface area contributed by atoms with E-state index in [-0.39, 0.29) is 5.57 Å². The maximum Gasteiger partial charge on any atom is 0.169 e. The van der Waals surface area contributed by atoms with E-state index in [0.29, 0.717) is 12.0 Å². The quantitative estimate of drug-likeness (QED) is 0.691. The summed E-state index contributed by atoms with van der Waals surface area (Å²) in [5.74, 6) is 1.30. The van der Waals surface area contributed by atoms with E-state index in [0.717, 1.165) is 71.3 Å². The van der Waals surface area contributed by atoms with Crippen LogP contribution < -0.4 is 10.6 Å². The highest BCUT2D eigenvalue weighted by Gasteiger charge is 2.34. The Hall–Kier alpha value is -1.80. The molecule has 0 aromatic rings. The molecule has 7 nitrogen and oxygen atoms in total. The van der Waals surface area contributed by atoms with Gasteiger partial charge in [0, 0.05) is 32.2 Å². The van der Waals surface area contributed by atoms with Gasteiger partial charge in [-0.05, 0) is 44.8 Å². The van der Waals surface area contributed by atoms with Gasteiger partial charge in [-0.1, -0.05) is 0 Å². The molecule has 3 saturated heterocycles. The van der Waals surface area contributed by atoms with Crippen LogP contribution in [0.3, 0.4) is 0 Å². The van der Waals surface area contributed by atoms with Crippen molar-refractivity contribution >= 4 is 0 Å². The number of allylic oxidation sites excluding steroid dienone is 1. The topological polar surface area (TPSA) is 87.3 Å². The number of piperidine rings is 1. The van der Waals surface area contributed by atoms with Crippen LogP contribution in [0.1, 0.15) is 19.3 Å². The fraction of sp³-hybridized carbons (Fsp3) is 0.778. The Balaban J connectivity index is 1.59. The minimum atomic E-state index is 0.211. The summed E-state index contributed by atoms with van der Waals surface area (Å²) in [7, 11) is 0. The van der Waals surface area contributed by atoms with Gasteiger partial charge in [-0.25, -0.2) is 0 Å². The SMILES string of the molecule is N#CC(C#N)=C1NCCN1C1CCNCC1CCCN1CCOCC1. The maximum absolute atomic E-state index is 9.23. The zero-order chi connectivity index (χ0) is 17.5. The molecule has 0 amide bonds. The van der Waals surface area contributed by atoms with E-state index in [1.54, 1.807) is 0 Å². The second-order valence-corrected chi connectivity index (χ2v) is 6.98. The number of nitrogens with zero attached hydrogens (tertiary/aromatic N) is 4. The van der Waals surface area contributed by atoms with Gasteiger partial charge in [0.05, 0.1) is 13.2 Å². The molecule has 3 rings (SSSR count). The van der Waals surface area contributed by atoms with Gasteiger partial charge in [-0.2, -0.15) is 10.5 Å². The molecule has 3 aliphatic heterocycles. The van der Waals surface area contributed by atoms with E-state index in [1.807, 2.05) is 12.1 Å². The molecule has 0 saturated carbocycles. The standard InChI is InChI=1S/C18H28N6O/c19-12-16(13-20)18-22-5-7-24(18)17-3-4-21-14-15(17)2-1-6-23-8-10-25-11-9-23/h15,17,21-22H,1-11,14H2. The summed E-state index contributed by atoms with van der Waals surface area (Å²) >= 11 is 0. The first-order valence-electron chi connectivity index (χ1n) is 9.39. The van der Waals surface area contributed by atoms with Crippen LogP contribution in [-0.2, 0) is 4.74 Å². The number of morpholine rings is 1. The molecule has 25 heavy (non-hydrogen) atoms. The van der Waals surface area contributed by atoms with Gasteiger partial charge in [-0.3, -0.25) is 4.90 Å². The Bertz CT molecular complexity index is 541. The Morgan fingerprint density at radius 1 is 1.16 bits per heavy atom. The number of hydrogen-bond donors (Lipinski definition) is 2. The maximum atomic E-state index is 9.23. The van der Waals surface area contributed by atoms with E-state index in [2.05, 4.69) is 20.4 Å². The normalized spacial score (nSPS) is 27.4. The molecule has 0 aromatic heterocycles. The number of ether oxygens (including phenoxy) is 1. The van der Waals surface area contributed by atoms with E-state index in [1.165, 1.54) is 12.8 Å². The first-order chi connectivity index (χ1) is 12.3. The molecule has 2 atom stereocenters. The molecular weight excluding hydrogens is 316 g/mol. The molecule has 0 bridgehead atoms. The van der Waals surface area contributed by atoms with Crippen LogP contribution in [0.2, 0.25) is 0 Å². The van der Waals surface area contributed by atoms with Crippen molar-refractivity contribution in [1.29, 1.82) is 10.5 Å². The lowest BCUT2D eigenvalue weighted by molar-refractivity contribution is 0.0357. The van der Waals surface area contributed by atoms with E-state index in [9.17, 15) is 10.5 Å². The summed E-state index contributed by atoms with van der Waals surface area (Å²) in [6, 6.07) is 4.50. The molecule has 136 valence electrons. The van der Waals surface area contributed by atoms with Crippen molar-refractivity contribution in [3.63, 3.8) is 0 Å². The van der Waals surface area contributed by atoms with Gasteiger partial charge in [0.25, 0.3) is 0 Å². The van der Waals surface area contributed by atoms with Gasteiger partial charge in [0.1, 0.15) is 18.0 Å². The Morgan fingerprint density at radius 2 is 1.96 bits per heavy atom. The first kappa shape index (κ1) is 18.0. The van der Waals surface area contributed by atoms with Crippen molar-refractivity contribution in [2.75, 3.05) is 59.0 Å². The third-order valence-electron chi connectivity index (χ3n) is 5.51. The highest BCUT2D eigenvalue weighted by molar-refractivity contribution is 5.40. The van der Waals surface area contributed by atoms with Crippen molar-refractivity contribution in [2.24, 2.45) is 5.92 Å². The van der Waals surface area contributed by atoms with Crippen molar-refractivity contribution < 1.29 is 4.74 Å². The lowest BCUT2D eigenvalue weighted by Gasteiger charge is -2.40. The second kappa shape index (κ2) is 9.05. The minimum Gasteiger partial charge on any atom is -0.379 e. The van der Waals surface area contributed by atoms with Crippen molar-refractivity contribution in [2.45, 2.75) is 25.3 Å². The minimum absolute atomic E-state index is 0.211. The fourth-order valence-corrected chi connectivity index (χ4v) is 4.22. The van der Waals surface area contributed by atoms with Gasteiger partial charge in [0.15, 0.2) is 5.57 Å². The Labute approximate surface area is 150 Å². The lowest BCUT2D eigenvalue weighted by atomic mass is 9.88. The van der Waals surface area contributed by atoms with Gasteiger partial charge in [-0.15, -0.1) is 0 Å². The third-order valence-corrected chi connectivity index (χ3v) is 5.51. The highest BCUT2D eigenvalue weighted by Crippen LogP contribution is 2.27. The number of nitriles is 2. The van der Waals surface area contributed by atoms with Crippen molar-refractivity contribution in [1.82, 2.24) is 20.4 Å². The summed E-state index contributed by atoms with van der Waals surface area (Å²) < 4.78 is 5.41. The van der Waals surface area contributed by atoms with Crippen LogP contribution in [0.4, 0.5) is 0 Å².